The molecule has 2 aliphatic heterocycles. The molecule has 22 heavy (non-hydrogen) atoms. The number of ether oxygens (including phenoxy) is 2. The molecule has 0 amide bonds. The topological polar surface area (TPSA) is 37.8 Å². The van der Waals surface area contributed by atoms with Gasteiger partial charge in [0.05, 0.1) is 5.69 Å². The summed E-state index contributed by atoms with van der Waals surface area (Å²) in [6.45, 7) is 5.76. The zero-order valence-electron chi connectivity index (χ0n) is 12.6. The highest BCUT2D eigenvalue weighted by atomic mass is 32.1. The highest BCUT2D eigenvalue weighted by Crippen LogP contribution is 2.36. The smallest absolute Gasteiger partial charge is 0.231 e. The molecule has 6 heteroatoms. The lowest BCUT2D eigenvalue weighted by molar-refractivity contribution is 0.147. The monoisotopic (exact) mass is 317 g/mol. The Kier molecular flexibility index (Phi) is 3.73. The van der Waals surface area contributed by atoms with E-state index in [1.54, 1.807) is 11.3 Å². The third kappa shape index (κ3) is 2.82. The van der Waals surface area contributed by atoms with Gasteiger partial charge in [0.15, 0.2) is 11.5 Å². The first-order valence-corrected chi connectivity index (χ1v) is 8.41. The Morgan fingerprint density at radius 3 is 2.82 bits per heavy atom. The van der Waals surface area contributed by atoms with Crippen molar-refractivity contribution in [1.82, 2.24) is 14.8 Å². The maximum absolute atomic E-state index is 5.44. The van der Waals surface area contributed by atoms with Gasteiger partial charge in [0.1, 0.15) is 5.01 Å². The van der Waals surface area contributed by atoms with E-state index < -0.39 is 0 Å². The van der Waals surface area contributed by atoms with E-state index in [1.807, 2.05) is 18.2 Å². The molecule has 5 nitrogen and oxygen atoms in total. The lowest BCUT2D eigenvalue weighted by Gasteiger charge is -2.31. The Morgan fingerprint density at radius 2 is 1.95 bits per heavy atom. The van der Waals surface area contributed by atoms with E-state index >= 15 is 0 Å². The molecule has 116 valence electrons. The molecule has 0 radical (unpaired) electrons. The maximum Gasteiger partial charge on any atom is 0.231 e. The van der Waals surface area contributed by atoms with Gasteiger partial charge in [-0.2, -0.15) is 0 Å². The number of hydrogen-bond acceptors (Lipinski definition) is 6. The van der Waals surface area contributed by atoms with Crippen LogP contribution in [0.25, 0.3) is 10.6 Å². The molecule has 1 aromatic carbocycles. The van der Waals surface area contributed by atoms with Crippen molar-refractivity contribution in [3.63, 3.8) is 0 Å². The predicted octanol–water partition coefficient (Wildman–Crippen LogP) is 2.29. The van der Waals surface area contributed by atoms with Crippen LogP contribution in [0.3, 0.4) is 0 Å². The lowest BCUT2D eigenvalue weighted by atomic mass is 10.2. The fraction of sp³-hybridized carbons (Fsp3) is 0.438. The van der Waals surface area contributed by atoms with E-state index in [0.29, 0.717) is 6.79 Å². The number of piperazine rings is 1. The molecule has 3 heterocycles. The first kappa shape index (κ1) is 14.0. The van der Waals surface area contributed by atoms with Crippen LogP contribution in [-0.2, 0) is 6.54 Å². The SMILES string of the molecule is CN1CCN(Cc2csc(-c3ccc4c(c3)OCO4)n2)CC1. The fourth-order valence-corrected chi connectivity index (χ4v) is 3.58. The van der Waals surface area contributed by atoms with Crippen LogP contribution in [0.5, 0.6) is 11.5 Å². The van der Waals surface area contributed by atoms with Crippen LogP contribution in [0.1, 0.15) is 5.69 Å². The molecular weight excluding hydrogens is 298 g/mol. The van der Waals surface area contributed by atoms with Crippen molar-refractivity contribution in [3.8, 4) is 22.1 Å². The number of fused-ring (bicyclic) bond motifs is 1. The largest absolute Gasteiger partial charge is 0.454 e. The summed E-state index contributed by atoms with van der Waals surface area (Å²) in [5.74, 6) is 1.63. The predicted molar refractivity (Wildman–Crippen MR) is 86.4 cm³/mol. The van der Waals surface area contributed by atoms with Gasteiger partial charge < -0.3 is 14.4 Å². The number of thiazole rings is 1. The molecule has 1 aromatic heterocycles. The molecule has 0 aliphatic carbocycles. The summed E-state index contributed by atoms with van der Waals surface area (Å²) in [5, 5.41) is 3.21. The number of aromatic nitrogens is 1. The van der Waals surface area contributed by atoms with Crippen molar-refractivity contribution >= 4 is 11.3 Å². The highest BCUT2D eigenvalue weighted by Gasteiger charge is 2.17. The lowest BCUT2D eigenvalue weighted by Crippen LogP contribution is -2.43. The highest BCUT2D eigenvalue weighted by molar-refractivity contribution is 7.13. The Morgan fingerprint density at radius 1 is 1.14 bits per heavy atom. The first-order valence-electron chi connectivity index (χ1n) is 7.53. The standard InChI is InChI=1S/C16H19N3O2S/c1-18-4-6-19(7-5-18)9-13-10-22-16(17-13)12-2-3-14-15(8-12)21-11-20-14/h2-3,8,10H,4-7,9,11H2,1H3. The van der Waals surface area contributed by atoms with Gasteiger partial charge in [0.2, 0.25) is 6.79 Å². The van der Waals surface area contributed by atoms with E-state index in [4.69, 9.17) is 14.5 Å². The molecule has 4 rings (SSSR count). The maximum atomic E-state index is 5.44. The second kappa shape index (κ2) is 5.87. The average molecular weight is 317 g/mol. The zero-order valence-corrected chi connectivity index (χ0v) is 13.4. The second-order valence-electron chi connectivity index (χ2n) is 5.79. The Balaban J connectivity index is 1.47. The van der Waals surface area contributed by atoms with Crippen LogP contribution in [0.2, 0.25) is 0 Å². The molecule has 0 spiro atoms. The van der Waals surface area contributed by atoms with Gasteiger partial charge in [-0.1, -0.05) is 0 Å². The van der Waals surface area contributed by atoms with Gasteiger partial charge in [-0.25, -0.2) is 4.98 Å². The van der Waals surface area contributed by atoms with Crippen molar-refractivity contribution in [2.75, 3.05) is 40.0 Å². The fourth-order valence-electron chi connectivity index (χ4n) is 2.78. The molecule has 1 saturated heterocycles. The number of likely N-dealkylation sites (N-methyl/N-ethyl adjacent to an activating group) is 1. The number of nitrogens with zero attached hydrogens (tertiary/aromatic N) is 3. The molecule has 0 bridgehead atoms. The quantitative estimate of drug-likeness (QED) is 0.868. The summed E-state index contributed by atoms with van der Waals surface area (Å²) in [6, 6.07) is 6.02. The molecule has 1 fully saturated rings. The van der Waals surface area contributed by atoms with Crippen LogP contribution in [-0.4, -0.2) is 54.8 Å². The number of hydrogen-bond donors (Lipinski definition) is 0. The van der Waals surface area contributed by atoms with Crippen LogP contribution < -0.4 is 9.47 Å². The molecule has 0 saturated carbocycles. The summed E-state index contributed by atoms with van der Waals surface area (Å²) >= 11 is 1.69. The summed E-state index contributed by atoms with van der Waals surface area (Å²) in [6.07, 6.45) is 0. The van der Waals surface area contributed by atoms with Crippen LogP contribution in [0, 0.1) is 0 Å². The van der Waals surface area contributed by atoms with Crippen LogP contribution in [0.4, 0.5) is 0 Å². The second-order valence-corrected chi connectivity index (χ2v) is 6.65. The van der Waals surface area contributed by atoms with E-state index in [9.17, 15) is 0 Å². The molecule has 0 N–H and O–H groups in total. The minimum absolute atomic E-state index is 0.311. The molecule has 2 aromatic rings. The molecular formula is C16H19N3O2S. The Bertz CT molecular complexity index is 665. The van der Waals surface area contributed by atoms with Crippen LogP contribution >= 0.6 is 11.3 Å². The first-order chi connectivity index (χ1) is 10.8. The minimum atomic E-state index is 0.311. The minimum Gasteiger partial charge on any atom is -0.454 e. The van der Waals surface area contributed by atoms with Gasteiger partial charge >= 0.3 is 0 Å². The Labute approximate surface area is 134 Å². The van der Waals surface area contributed by atoms with Crippen molar-refractivity contribution in [3.05, 3.63) is 29.3 Å². The third-order valence-electron chi connectivity index (χ3n) is 4.15. The van der Waals surface area contributed by atoms with Crippen LogP contribution in [0.15, 0.2) is 23.6 Å². The van der Waals surface area contributed by atoms with Crippen molar-refractivity contribution < 1.29 is 9.47 Å². The van der Waals surface area contributed by atoms with Crippen molar-refractivity contribution in [2.24, 2.45) is 0 Å². The molecule has 0 atom stereocenters. The van der Waals surface area contributed by atoms with Gasteiger partial charge in [-0.3, -0.25) is 4.90 Å². The van der Waals surface area contributed by atoms with E-state index in [1.165, 1.54) is 0 Å². The summed E-state index contributed by atoms with van der Waals surface area (Å²) in [5.41, 5.74) is 2.25. The summed E-state index contributed by atoms with van der Waals surface area (Å²) in [7, 11) is 2.18. The van der Waals surface area contributed by atoms with E-state index in [0.717, 1.165) is 60.5 Å². The van der Waals surface area contributed by atoms with E-state index in [-0.39, 0.29) is 0 Å². The summed E-state index contributed by atoms with van der Waals surface area (Å²) in [4.78, 5) is 9.63. The summed E-state index contributed by atoms with van der Waals surface area (Å²) < 4.78 is 10.8. The van der Waals surface area contributed by atoms with Crippen molar-refractivity contribution in [1.29, 1.82) is 0 Å². The van der Waals surface area contributed by atoms with Crippen molar-refractivity contribution in [2.45, 2.75) is 6.54 Å². The van der Waals surface area contributed by atoms with E-state index in [2.05, 4.69) is 22.2 Å². The zero-order chi connectivity index (χ0) is 14.9. The average Bonchev–Trinajstić information content (AvgIpc) is 3.17. The molecule has 2 aliphatic rings. The third-order valence-corrected chi connectivity index (χ3v) is 5.09. The normalized spacial score (nSPS) is 18.8. The van der Waals surface area contributed by atoms with Gasteiger partial charge in [-0.15, -0.1) is 11.3 Å². The Hall–Kier alpha value is -1.63. The number of rotatable bonds is 3. The molecule has 0 unspecified atom stereocenters. The van der Waals surface area contributed by atoms with Gasteiger partial charge in [-0.05, 0) is 25.2 Å². The van der Waals surface area contributed by atoms with Gasteiger partial charge in [0, 0.05) is 43.7 Å². The van der Waals surface area contributed by atoms with Gasteiger partial charge in [0.25, 0.3) is 0 Å². The number of benzene rings is 1.